The number of nitrogens with one attached hydrogen (secondary N) is 1. The number of hydrogen-bond donors (Lipinski definition) is 2. The number of hydrogen-bond acceptors (Lipinski definition) is 4. The van der Waals surface area contributed by atoms with Crippen LogP contribution in [0.15, 0.2) is 12.3 Å². The van der Waals surface area contributed by atoms with Crippen molar-refractivity contribution in [2.45, 2.75) is 44.7 Å². The summed E-state index contributed by atoms with van der Waals surface area (Å²) in [6.07, 6.45) is 5.09. The second-order valence-corrected chi connectivity index (χ2v) is 5.17. The normalized spacial score (nSPS) is 15.9. The molecule has 1 amide bonds. The van der Waals surface area contributed by atoms with E-state index in [2.05, 4.69) is 5.32 Å². The first-order valence-electron chi connectivity index (χ1n) is 6.94. The van der Waals surface area contributed by atoms with E-state index in [-0.39, 0.29) is 23.7 Å². The van der Waals surface area contributed by atoms with Gasteiger partial charge in [-0.3, -0.25) is 14.9 Å². The standard InChI is InChI=1S/C13H20N4O3/c1-2-3-9(7-14)15-13(18)12-6-11(17(19)20)8-16(12)10-4-5-10/h6,8-10H,2-5,7,14H2,1H3,(H,15,18). The summed E-state index contributed by atoms with van der Waals surface area (Å²) < 4.78 is 1.72. The molecule has 0 spiro atoms. The smallest absolute Gasteiger partial charge is 0.287 e. The molecule has 1 saturated carbocycles. The third kappa shape index (κ3) is 3.16. The van der Waals surface area contributed by atoms with Gasteiger partial charge >= 0.3 is 0 Å². The van der Waals surface area contributed by atoms with Crippen LogP contribution in [0.25, 0.3) is 0 Å². The predicted molar refractivity (Wildman–Crippen MR) is 74.6 cm³/mol. The topological polar surface area (TPSA) is 103 Å². The van der Waals surface area contributed by atoms with Crippen molar-refractivity contribution in [3.63, 3.8) is 0 Å². The molecule has 0 radical (unpaired) electrons. The summed E-state index contributed by atoms with van der Waals surface area (Å²) in [6.45, 7) is 2.39. The minimum Gasteiger partial charge on any atom is -0.347 e. The molecule has 0 bridgehead atoms. The van der Waals surface area contributed by atoms with Gasteiger partial charge < -0.3 is 15.6 Å². The van der Waals surface area contributed by atoms with E-state index in [0.29, 0.717) is 12.2 Å². The van der Waals surface area contributed by atoms with Gasteiger partial charge in [0.15, 0.2) is 0 Å². The molecule has 1 atom stereocenters. The summed E-state index contributed by atoms with van der Waals surface area (Å²) in [5.41, 5.74) is 5.93. The molecule has 2 rings (SSSR count). The Morgan fingerprint density at radius 2 is 2.35 bits per heavy atom. The number of rotatable bonds is 7. The number of carbonyl (C=O) groups excluding carboxylic acids is 1. The average molecular weight is 280 g/mol. The van der Waals surface area contributed by atoms with Gasteiger partial charge in [-0.05, 0) is 19.3 Å². The zero-order valence-electron chi connectivity index (χ0n) is 11.5. The highest BCUT2D eigenvalue weighted by atomic mass is 16.6. The van der Waals surface area contributed by atoms with Crippen LogP contribution in [-0.2, 0) is 0 Å². The Hall–Kier alpha value is -1.89. The quantitative estimate of drug-likeness (QED) is 0.584. The summed E-state index contributed by atoms with van der Waals surface area (Å²) in [4.78, 5) is 22.7. The Balaban J connectivity index is 2.17. The molecule has 7 nitrogen and oxygen atoms in total. The van der Waals surface area contributed by atoms with E-state index in [1.807, 2.05) is 6.92 Å². The maximum atomic E-state index is 12.3. The van der Waals surface area contributed by atoms with E-state index in [1.54, 1.807) is 4.57 Å². The SMILES string of the molecule is CCCC(CN)NC(=O)c1cc([N+](=O)[O-])cn1C1CC1. The van der Waals surface area contributed by atoms with Crippen LogP contribution in [0.1, 0.15) is 49.1 Å². The molecule has 1 aliphatic carbocycles. The van der Waals surface area contributed by atoms with Crippen LogP contribution >= 0.6 is 0 Å². The van der Waals surface area contributed by atoms with E-state index in [9.17, 15) is 14.9 Å². The van der Waals surface area contributed by atoms with Crippen LogP contribution in [0.5, 0.6) is 0 Å². The van der Waals surface area contributed by atoms with Crippen molar-refractivity contribution in [1.82, 2.24) is 9.88 Å². The molecule has 0 aliphatic heterocycles. The zero-order valence-corrected chi connectivity index (χ0v) is 11.5. The molecule has 3 N–H and O–H groups in total. The van der Waals surface area contributed by atoms with E-state index < -0.39 is 4.92 Å². The van der Waals surface area contributed by atoms with Crippen molar-refractivity contribution in [3.05, 3.63) is 28.1 Å². The largest absolute Gasteiger partial charge is 0.347 e. The molecule has 0 aromatic carbocycles. The first-order chi connectivity index (χ1) is 9.56. The number of aromatic nitrogens is 1. The molecule has 1 heterocycles. The lowest BCUT2D eigenvalue weighted by molar-refractivity contribution is -0.384. The summed E-state index contributed by atoms with van der Waals surface area (Å²) in [5, 5.41) is 13.7. The van der Waals surface area contributed by atoms with Crippen LogP contribution < -0.4 is 11.1 Å². The Morgan fingerprint density at radius 1 is 1.65 bits per heavy atom. The maximum Gasteiger partial charge on any atom is 0.287 e. The van der Waals surface area contributed by atoms with Crippen molar-refractivity contribution >= 4 is 11.6 Å². The lowest BCUT2D eigenvalue weighted by atomic mass is 10.1. The predicted octanol–water partition coefficient (Wildman–Crippen LogP) is 1.59. The van der Waals surface area contributed by atoms with Gasteiger partial charge in [0.25, 0.3) is 11.6 Å². The molecule has 110 valence electrons. The fourth-order valence-corrected chi connectivity index (χ4v) is 2.26. The van der Waals surface area contributed by atoms with Gasteiger partial charge in [0.2, 0.25) is 0 Å². The van der Waals surface area contributed by atoms with Crippen molar-refractivity contribution in [2.24, 2.45) is 5.73 Å². The molecule has 20 heavy (non-hydrogen) atoms. The molecule has 7 heteroatoms. The van der Waals surface area contributed by atoms with Crippen LogP contribution in [0.3, 0.4) is 0 Å². The molecular weight excluding hydrogens is 260 g/mol. The van der Waals surface area contributed by atoms with E-state index in [4.69, 9.17) is 5.73 Å². The zero-order chi connectivity index (χ0) is 14.7. The second kappa shape index (κ2) is 6.04. The van der Waals surface area contributed by atoms with Gasteiger partial charge in [0.05, 0.1) is 11.1 Å². The van der Waals surface area contributed by atoms with E-state index in [1.165, 1.54) is 12.3 Å². The first kappa shape index (κ1) is 14.5. The minimum absolute atomic E-state index is 0.0400. The molecule has 1 fully saturated rings. The fraction of sp³-hybridized carbons (Fsp3) is 0.615. The lowest BCUT2D eigenvalue weighted by Gasteiger charge is -2.16. The highest BCUT2D eigenvalue weighted by molar-refractivity contribution is 5.93. The van der Waals surface area contributed by atoms with Crippen molar-refractivity contribution in [2.75, 3.05) is 6.54 Å². The summed E-state index contributed by atoms with van der Waals surface area (Å²) in [7, 11) is 0. The summed E-state index contributed by atoms with van der Waals surface area (Å²) >= 11 is 0. The number of amides is 1. The van der Waals surface area contributed by atoms with Crippen LogP contribution in [0.4, 0.5) is 5.69 Å². The molecule has 0 saturated heterocycles. The van der Waals surface area contributed by atoms with Crippen molar-refractivity contribution in [1.29, 1.82) is 0 Å². The lowest BCUT2D eigenvalue weighted by Crippen LogP contribution is -2.40. The third-order valence-corrected chi connectivity index (χ3v) is 3.47. The Labute approximate surface area is 117 Å². The summed E-state index contributed by atoms with van der Waals surface area (Å²) in [5.74, 6) is -0.283. The van der Waals surface area contributed by atoms with Crippen LogP contribution in [-0.4, -0.2) is 28.0 Å². The van der Waals surface area contributed by atoms with Gasteiger partial charge in [0.1, 0.15) is 5.69 Å². The van der Waals surface area contributed by atoms with Gasteiger partial charge in [-0.15, -0.1) is 0 Å². The monoisotopic (exact) mass is 280 g/mol. The highest BCUT2D eigenvalue weighted by Crippen LogP contribution is 2.37. The Morgan fingerprint density at radius 3 is 2.85 bits per heavy atom. The molecule has 1 aromatic heterocycles. The molecule has 1 aliphatic rings. The van der Waals surface area contributed by atoms with E-state index >= 15 is 0 Å². The van der Waals surface area contributed by atoms with Gasteiger partial charge in [-0.1, -0.05) is 13.3 Å². The van der Waals surface area contributed by atoms with Gasteiger partial charge in [-0.2, -0.15) is 0 Å². The van der Waals surface area contributed by atoms with Crippen molar-refractivity contribution in [3.8, 4) is 0 Å². The maximum absolute atomic E-state index is 12.3. The Bertz CT molecular complexity index is 508. The minimum atomic E-state index is -0.470. The van der Waals surface area contributed by atoms with Crippen LogP contribution in [0.2, 0.25) is 0 Å². The first-order valence-corrected chi connectivity index (χ1v) is 6.94. The van der Waals surface area contributed by atoms with Gasteiger partial charge in [-0.25, -0.2) is 0 Å². The number of nitrogens with zero attached hydrogens (tertiary/aromatic N) is 2. The summed E-state index contributed by atoms with van der Waals surface area (Å²) in [6, 6.07) is 1.47. The fourth-order valence-electron chi connectivity index (χ4n) is 2.26. The average Bonchev–Trinajstić information content (AvgIpc) is 3.16. The second-order valence-electron chi connectivity index (χ2n) is 5.17. The number of carbonyl (C=O) groups is 1. The Kier molecular flexibility index (Phi) is 4.39. The number of nitrogens with two attached hydrogens (primary N) is 1. The van der Waals surface area contributed by atoms with E-state index in [0.717, 1.165) is 25.7 Å². The van der Waals surface area contributed by atoms with Crippen LogP contribution in [0, 0.1) is 10.1 Å². The molecule has 1 aromatic rings. The third-order valence-electron chi connectivity index (χ3n) is 3.47. The molecule has 1 unspecified atom stereocenters. The molecular formula is C13H20N4O3. The van der Waals surface area contributed by atoms with Crippen molar-refractivity contribution < 1.29 is 9.72 Å². The van der Waals surface area contributed by atoms with Gasteiger partial charge in [0, 0.05) is 24.7 Å². The highest BCUT2D eigenvalue weighted by Gasteiger charge is 2.30. The number of nitro groups is 1.